The Morgan fingerprint density at radius 3 is 2.85 bits per heavy atom. The van der Waals surface area contributed by atoms with Crippen molar-refractivity contribution in [2.75, 3.05) is 7.11 Å². The maximum absolute atomic E-state index is 13.2. The van der Waals surface area contributed by atoms with E-state index < -0.39 is 17.3 Å². The zero-order valence-electron chi connectivity index (χ0n) is 10.5. The fraction of sp³-hybridized carbons (Fsp3) is 0.154. The highest BCUT2D eigenvalue weighted by Crippen LogP contribution is 2.21. The number of benzene rings is 1. The molecular formula is C13H11FN2O4. The summed E-state index contributed by atoms with van der Waals surface area (Å²) >= 11 is 0. The second kappa shape index (κ2) is 5.52. The Morgan fingerprint density at radius 1 is 1.45 bits per heavy atom. The number of rotatable bonds is 4. The molecule has 20 heavy (non-hydrogen) atoms. The van der Waals surface area contributed by atoms with E-state index in [1.165, 1.54) is 25.3 Å². The first-order valence-electron chi connectivity index (χ1n) is 5.65. The fourth-order valence-electron chi connectivity index (χ4n) is 1.77. The predicted molar refractivity (Wildman–Crippen MR) is 67.6 cm³/mol. The van der Waals surface area contributed by atoms with Crippen molar-refractivity contribution in [3.63, 3.8) is 0 Å². The van der Waals surface area contributed by atoms with E-state index in [0.717, 1.165) is 6.07 Å². The lowest BCUT2D eigenvalue weighted by molar-refractivity contribution is 0.0689. The van der Waals surface area contributed by atoms with Gasteiger partial charge in [0.15, 0.2) is 5.69 Å². The third-order valence-corrected chi connectivity index (χ3v) is 2.61. The summed E-state index contributed by atoms with van der Waals surface area (Å²) in [6, 6.07) is 4.82. The molecule has 0 amide bonds. The van der Waals surface area contributed by atoms with Crippen LogP contribution in [0.1, 0.15) is 21.9 Å². The number of aromatic amines is 1. The zero-order valence-corrected chi connectivity index (χ0v) is 10.5. The summed E-state index contributed by atoms with van der Waals surface area (Å²) < 4.78 is 18.3. The molecule has 0 bridgehead atoms. The number of carboxylic acids is 1. The number of aromatic carboxylic acids is 1. The first-order valence-corrected chi connectivity index (χ1v) is 5.65. The smallest absolute Gasteiger partial charge is 0.354 e. The zero-order chi connectivity index (χ0) is 14.7. The van der Waals surface area contributed by atoms with Crippen LogP contribution in [0.15, 0.2) is 29.1 Å². The van der Waals surface area contributed by atoms with Gasteiger partial charge in [0.2, 0.25) is 0 Å². The fourth-order valence-corrected chi connectivity index (χ4v) is 1.77. The van der Waals surface area contributed by atoms with Crippen LogP contribution in [0.5, 0.6) is 5.75 Å². The Kier molecular flexibility index (Phi) is 3.79. The van der Waals surface area contributed by atoms with Crippen LogP contribution in [-0.4, -0.2) is 28.2 Å². The maximum Gasteiger partial charge on any atom is 0.354 e. The van der Waals surface area contributed by atoms with Gasteiger partial charge in [-0.3, -0.25) is 4.79 Å². The molecule has 104 valence electrons. The van der Waals surface area contributed by atoms with Crippen LogP contribution in [0.25, 0.3) is 0 Å². The van der Waals surface area contributed by atoms with E-state index in [0.29, 0.717) is 11.3 Å². The minimum absolute atomic E-state index is 0.0529. The molecule has 0 spiro atoms. The van der Waals surface area contributed by atoms with Gasteiger partial charge in [-0.15, -0.1) is 0 Å². The quantitative estimate of drug-likeness (QED) is 0.876. The average Bonchev–Trinajstić information content (AvgIpc) is 2.38. The van der Waals surface area contributed by atoms with E-state index in [9.17, 15) is 14.0 Å². The second-order valence-electron chi connectivity index (χ2n) is 4.02. The molecule has 2 rings (SSSR count). The molecular weight excluding hydrogens is 267 g/mol. The van der Waals surface area contributed by atoms with Crippen molar-refractivity contribution in [2.45, 2.75) is 6.42 Å². The molecule has 0 aliphatic carbocycles. The van der Waals surface area contributed by atoms with Crippen LogP contribution < -0.4 is 10.3 Å². The van der Waals surface area contributed by atoms with E-state index in [-0.39, 0.29) is 17.9 Å². The van der Waals surface area contributed by atoms with Gasteiger partial charge in [-0.05, 0) is 18.2 Å². The molecule has 1 aromatic carbocycles. The third-order valence-electron chi connectivity index (χ3n) is 2.61. The van der Waals surface area contributed by atoms with Gasteiger partial charge in [0.25, 0.3) is 5.56 Å². The average molecular weight is 278 g/mol. The Hall–Kier alpha value is -2.70. The SMILES string of the molecule is COc1ccc(F)cc1Cc1nc(C(=O)O)cc(=O)[nH]1. The first kappa shape index (κ1) is 13.7. The highest BCUT2D eigenvalue weighted by molar-refractivity contribution is 5.85. The molecule has 0 fully saturated rings. The summed E-state index contributed by atoms with van der Waals surface area (Å²) in [5.74, 6) is -1.21. The lowest BCUT2D eigenvalue weighted by Gasteiger charge is -2.08. The second-order valence-corrected chi connectivity index (χ2v) is 4.02. The summed E-state index contributed by atoms with van der Waals surface area (Å²) in [4.78, 5) is 28.4. The number of nitrogens with zero attached hydrogens (tertiary/aromatic N) is 1. The minimum Gasteiger partial charge on any atom is -0.496 e. The number of halogens is 1. The van der Waals surface area contributed by atoms with Crippen molar-refractivity contribution in [1.29, 1.82) is 0 Å². The van der Waals surface area contributed by atoms with Crippen molar-refractivity contribution >= 4 is 5.97 Å². The molecule has 2 N–H and O–H groups in total. The standard InChI is InChI=1S/C13H11FN2O4/c1-20-10-3-2-8(14)4-7(10)5-11-15-9(13(18)19)6-12(17)16-11/h2-4,6H,5H2,1H3,(H,18,19)(H,15,16,17). The highest BCUT2D eigenvalue weighted by Gasteiger charge is 2.11. The number of hydrogen-bond acceptors (Lipinski definition) is 4. The molecule has 6 nitrogen and oxygen atoms in total. The Bertz CT molecular complexity index is 712. The normalized spacial score (nSPS) is 10.3. The molecule has 0 unspecified atom stereocenters. The van der Waals surface area contributed by atoms with Gasteiger partial charge in [-0.25, -0.2) is 14.2 Å². The lowest BCUT2D eigenvalue weighted by Crippen LogP contribution is -2.16. The third kappa shape index (κ3) is 3.00. The molecule has 0 aliphatic rings. The summed E-state index contributed by atoms with van der Waals surface area (Å²) in [6.45, 7) is 0. The van der Waals surface area contributed by atoms with Crippen molar-refractivity contribution < 1.29 is 19.0 Å². The minimum atomic E-state index is -1.30. The van der Waals surface area contributed by atoms with Gasteiger partial charge in [-0.2, -0.15) is 0 Å². The van der Waals surface area contributed by atoms with Gasteiger partial charge in [0.05, 0.1) is 7.11 Å². The van der Waals surface area contributed by atoms with Crippen LogP contribution in [0.4, 0.5) is 4.39 Å². The number of H-pyrrole nitrogens is 1. The van der Waals surface area contributed by atoms with E-state index in [2.05, 4.69) is 9.97 Å². The lowest BCUT2D eigenvalue weighted by atomic mass is 10.1. The van der Waals surface area contributed by atoms with Crippen LogP contribution in [0.2, 0.25) is 0 Å². The molecule has 7 heteroatoms. The van der Waals surface area contributed by atoms with Crippen molar-refractivity contribution in [1.82, 2.24) is 9.97 Å². The number of aromatic nitrogens is 2. The number of nitrogens with one attached hydrogen (secondary N) is 1. The van der Waals surface area contributed by atoms with Crippen molar-refractivity contribution in [3.8, 4) is 5.75 Å². The highest BCUT2D eigenvalue weighted by atomic mass is 19.1. The van der Waals surface area contributed by atoms with Crippen LogP contribution >= 0.6 is 0 Å². The van der Waals surface area contributed by atoms with E-state index in [1.54, 1.807) is 0 Å². The van der Waals surface area contributed by atoms with E-state index in [1.807, 2.05) is 0 Å². The van der Waals surface area contributed by atoms with Gasteiger partial charge in [-0.1, -0.05) is 0 Å². The molecule has 0 atom stereocenters. The van der Waals surface area contributed by atoms with Gasteiger partial charge < -0.3 is 14.8 Å². The van der Waals surface area contributed by atoms with E-state index >= 15 is 0 Å². The van der Waals surface area contributed by atoms with Crippen LogP contribution in [0.3, 0.4) is 0 Å². The molecule has 0 saturated carbocycles. The van der Waals surface area contributed by atoms with Crippen molar-refractivity contribution in [2.24, 2.45) is 0 Å². The molecule has 0 aliphatic heterocycles. The largest absolute Gasteiger partial charge is 0.496 e. The first-order chi connectivity index (χ1) is 9.49. The number of carboxylic acid groups (broad SMARTS) is 1. The summed E-state index contributed by atoms with van der Waals surface area (Å²) in [5.41, 5.74) is -0.486. The molecule has 1 aromatic heterocycles. The maximum atomic E-state index is 13.2. The number of ether oxygens (including phenoxy) is 1. The van der Waals surface area contributed by atoms with Gasteiger partial charge >= 0.3 is 5.97 Å². The van der Waals surface area contributed by atoms with Crippen LogP contribution in [-0.2, 0) is 6.42 Å². The monoisotopic (exact) mass is 278 g/mol. The Morgan fingerprint density at radius 2 is 2.20 bits per heavy atom. The van der Waals surface area contributed by atoms with Crippen molar-refractivity contribution in [3.05, 3.63) is 57.5 Å². The number of hydrogen-bond donors (Lipinski definition) is 2. The van der Waals surface area contributed by atoms with Gasteiger partial charge in [0.1, 0.15) is 17.4 Å². The predicted octanol–water partition coefficient (Wildman–Crippen LogP) is 1.21. The Balaban J connectivity index is 2.42. The van der Waals surface area contributed by atoms with Gasteiger partial charge in [0, 0.05) is 18.1 Å². The molecule has 2 aromatic rings. The topological polar surface area (TPSA) is 92.3 Å². The molecule has 0 radical (unpaired) electrons. The number of methoxy groups -OCH3 is 1. The van der Waals surface area contributed by atoms with E-state index in [4.69, 9.17) is 9.84 Å². The molecule has 0 saturated heterocycles. The van der Waals surface area contributed by atoms with Crippen LogP contribution in [0, 0.1) is 5.82 Å². The summed E-state index contributed by atoms with van der Waals surface area (Å²) in [5, 5.41) is 8.84. The number of carbonyl (C=O) groups is 1. The summed E-state index contributed by atoms with van der Waals surface area (Å²) in [7, 11) is 1.43. The molecule has 1 heterocycles. The Labute approximate surface area is 112 Å². The summed E-state index contributed by atoms with van der Waals surface area (Å²) in [6.07, 6.45) is 0.0529.